The van der Waals surface area contributed by atoms with Crippen molar-refractivity contribution < 1.29 is 14.3 Å². The van der Waals surface area contributed by atoms with E-state index in [4.69, 9.17) is 14.9 Å². The average molecular weight is 490 g/mol. The molecule has 1 fully saturated rings. The Balaban J connectivity index is 1.20. The lowest BCUT2D eigenvalue weighted by Crippen LogP contribution is -2.35. The molecule has 3 aliphatic rings. The number of hydrazone groups is 1. The van der Waals surface area contributed by atoms with E-state index in [1.165, 1.54) is 16.8 Å². The number of likely N-dealkylation sites (tertiary alicyclic amines) is 1. The molecule has 3 heterocycles. The number of fused-ring (bicyclic) bond motifs is 1. The third kappa shape index (κ3) is 5.09. The zero-order chi connectivity index (χ0) is 24.4. The summed E-state index contributed by atoms with van der Waals surface area (Å²) in [5, 5.41) is 15.8. The molecule has 5 rings (SSSR count). The van der Waals surface area contributed by atoms with Crippen LogP contribution < -0.4 is 9.47 Å². The molecule has 0 saturated carbocycles. The number of amides is 1. The second kappa shape index (κ2) is 9.95. The highest BCUT2D eigenvalue weighted by Gasteiger charge is 2.37. The van der Waals surface area contributed by atoms with Crippen LogP contribution in [-0.2, 0) is 4.79 Å². The van der Waals surface area contributed by atoms with Crippen LogP contribution in [0.1, 0.15) is 29.5 Å². The fourth-order valence-corrected chi connectivity index (χ4v) is 4.96. The van der Waals surface area contributed by atoms with Crippen LogP contribution in [0.3, 0.4) is 0 Å². The standard InChI is InChI=1S/C26H27N5O3S/c1-17-5-6-18(2)22(15-17)34-14-13-33-20-9-7-19(8-10-20)16-21-23(27)31-25(28-24(21)32)35-26(29-31)30-11-3-4-12-30/h5-10,15-16,27H,3-4,11-14H2,1-2H3/b21-16-,27-23?. The topological polar surface area (TPSA) is 90.6 Å². The first kappa shape index (κ1) is 23.2. The Morgan fingerprint density at radius 3 is 2.54 bits per heavy atom. The maximum atomic E-state index is 12.6. The molecule has 0 spiro atoms. The molecule has 1 N–H and O–H groups in total. The van der Waals surface area contributed by atoms with Crippen molar-refractivity contribution in [2.45, 2.75) is 26.7 Å². The highest BCUT2D eigenvalue weighted by Crippen LogP contribution is 2.31. The Kier molecular flexibility index (Phi) is 6.59. The van der Waals surface area contributed by atoms with Crippen LogP contribution in [0.4, 0.5) is 0 Å². The van der Waals surface area contributed by atoms with E-state index in [1.807, 2.05) is 50.2 Å². The van der Waals surface area contributed by atoms with Crippen LogP contribution in [0.15, 0.2) is 58.1 Å². The zero-order valence-electron chi connectivity index (χ0n) is 19.8. The van der Waals surface area contributed by atoms with E-state index in [-0.39, 0.29) is 11.4 Å². The molecule has 2 aromatic rings. The summed E-state index contributed by atoms with van der Waals surface area (Å²) in [4.78, 5) is 19.0. The van der Waals surface area contributed by atoms with Gasteiger partial charge in [-0.15, -0.1) is 5.10 Å². The van der Waals surface area contributed by atoms with Crippen molar-refractivity contribution >= 4 is 39.9 Å². The molecule has 2 aromatic carbocycles. The Morgan fingerprint density at radius 2 is 1.77 bits per heavy atom. The number of benzene rings is 2. The predicted octanol–water partition coefficient (Wildman–Crippen LogP) is 4.43. The minimum atomic E-state index is -0.421. The number of nitrogens with zero attached hydrogens (tertiary/aromatic N) is 4. The van der Waals surface area contributed by atoms with Gasteiger partial charge in [-0.3, -0.25) is 10.2 Å². The van der Waals surface area contributed by atoms with E-state index >= 15 is 0 Å². The van der Waals surface area contributed by atoms with Crippen molar-refractivity contribution in [3.63, 3.8) is 0 Å². The molecule has 0 unspecified atom stereocenters. The maximum Gasteiger partial charge on any atom is 0.283 e. The minimum Gasteiger partial charge on any atom is -0.490 e. The number of amidine groups is 3. The first-order valence-electron chi connectivity index (χ1n) is 11.7. The van der Waals surface area contributed by atoms with E-state index in [0.29, 0.717) is 24.1 Å². The molecule has 0 bridgehead atoms. The highest BCUT2D eigenvalue weighted by molar-refractivity contribution is 8.26. The van der Waals surface area contributed by atoms with E-state index < -0.39 is 5.91 Å². The predicted molar refractivity (Wildman–Crippen MR) is 139 cm³/mol. The molecule has 0 radical (unpaired) electrons. The number of carbonyl (C=O) groups excluding carboxylic acids is 1. The van der Waals surface area contributed by atoms with E-state index in [0.717, 1.165) is 53.5 Å². The van der Waals surface area contributed by atoms with Gasteiger partial charge in [0, 0.05) is 13.1 Å². The van der Waals surface area contributed by atoms with Crippen LogP contribution in [-0.4, -0.2) is 58.3 Å². The molecule has 35 heavy (non-hydrogen) atoms. The van der Waals surface area contributed by atoms with Gasteiger partial charge in [0.2, 0.25) is 5.17 Å². The van der Waals surface area contributed by atoms with E-state index in [1.54, 1.807) is 6.08 Å². The average Bonchev–Trinajstić information content (AvgIpc) is 3.53. The summed E-state index contributed by atoms with van der Waals surface area (Å²) in [7, 11) is 0. The van der Waals surface area contributed by atoms with Crippen molar-refractivity contribution in [3.05, 3.63) is 64.7 Å². The quantitative estimate of drug-likeness (QED) is 0.477. The zero-order valence-corrected chi connectivity index (χ0v) is 20.6. The Bertz CT molecular complexity index is 1250. The lowest BCUT2D eigenvalue weighted by molar-refractivity contribution is -0.114. The van der Waals surface area contributed by atoms with Gasteiger partial charge in [0.15, 0.2) is 11.0 Å². The molecule has 1 amide bonds. The third-order valence-electron chi connectivity index (χ3n) is 5.96. The number of carbonyl (C=O) groups is 1. The number of rotatable bonds is 6. The van der Waals surface area contributed by atoms with Gasteiger partial charge in [0.25, 0.3) is 5.91 Å². The summed E-state index contributed by atoms with van der Waals surface area (Å²) in [6, 6.07) is 13.5. The van der Waals surface area contributed by atoms with Crippen LogP contribution in [0.2, 0.25) is 0 Å². The van der Waals surface area contributed by atoms with Gasteiger partial charge >= 0.3 is 0 Å². The van der Waals surface area contributed by atoms with Crippen LogP contribution in [0, 0.1) is 19.3 Å². The Hall–Kier alpha value is -3.59. The fraction of sp³-hybridized carbons (Fsp3) is 0.308. The summed E-state index contributed by atoms with van der Waals surface area (Å²) < 4.78 is 11.6. The smallest absolute Gasteiger partial charge is 0.283 e. The Morgan fingerprint density at radius 1 is 1.03 bits per heavy atom. The first-order chi connectivity index (χ1) is 17.0. The van der Waals surface area contributed by atoms with Crippen molar-refractivity contribution in [1.82, 2.24) is 9.91 Å². The number of nitrogens with one attached hydrogen (secondary N) is 1. The van der Waals surface area contributed by atoms with Crippen LogP contribution >= 0.6 is 11.8 Å². The SMILES string of the molecule is Cc1ccc(C)c(OCCOc2ccc(/C=C3/C(=N)N4N=C(N5CCCC5)SC4=NC3=O)cc2)c1. The molecule has 0 atom stereocenters. The third-order valence-corrected chi connectivity index (χ3v) is 6.93. The van der Waals surface area contributed by atoms with Gasteiger partial charge in [0.1, 0.15) is 24.7 Å². The number of aryl methyl sites for hydroxylation is 2. The normalized spacial score (nSPS) is 18.6. The summed E-state index contributed by atoms with van der Waals surface area (Å²) >= 11 is 1.36. The molecule has 9 heteroatoms. The molecule has 0 aliphatic carbocycles. The van der Waals surface area contributed by atoms with Gasteiger partial charge in [-0.25, -0.2) is 0 Å². The second-order valence-electron chi connectivity index (χ2n) is 8.63. The Labute approximate surface area is 208 Å². The molecule has 180 valence electrons. The molecule has 0 aromatic heterocycles. The largest absolute Gasteiger partial charge is 0.490 e. The molecular formula is C26H27N5O3S. The number of aliphatic imine (C=N–C) groups is 1. The summed E-state index contributed by atoms with van der Waals surface area (Å²) in [5.41, 5.74) is 3.26. The fourth-order valence-electron chi connectivity index (χ4n) is 4.02. The van der Waals surface area contributed by atoms with E-state index in [9.17, 15) is 4.79 Å². The van der Waals surface area contributed by atoms with Crippen molar-refractivity contribution in [2.24, 2.45) is 10.1 Å². The minimum absolute atomic E-state index is 0.0469. The number of thioether (sulfide) groups is 1. The van der Waals surface area contributed by atoms with Gasteiger partial charge in [-0.1, -0.05) is 24.3 Å². The van der Waals surface area contributed by atoms with Gasteiger partial charge in [0.05, 0.1) is 5.57 Å². The number of ether oxygens (including phenoxy) is 2. The van der Waals surface area contributed by atoms with Crippen molar-refractivity contribution in [3.8, 4) is 11.5 Å². The highest BCUT2D eigenvalue weighted by atomic mass is 32.2. The molecule has 1 saturated heterocycles. The first-order valence-corrected chi connectivity index (χ1v) is 12.5. The van der Waals surface area contributed by atoms with Crippen LogP contribution in [0.5, 0.6) is 11.5 Å². The van der Waals surface area contributed by atoms with Crippen molar-refractivity contribution in [1.29, 1.82) is 5.41 Å². The molecular weight excluding hydrogens is 462 g/mol. The van der Waals surface area contributed by atoms with Crippen LogP contribution in [0.25, 0.3) is 6.08 Å². The maximum absolute atomic E-state index is 12.6. The molecule has 3 aliphatic heterocycles. The number of hydrogen-bond donors (Lipinski definition) is 1. The monoisotopic (exact) mass is 489 g/mol. The lowest BCUT2D eigenvalue weighted by atomic mass is 10.1. The summed E-state index contributed by atoms with van der Waals surface area (Å²) in [5.74, 6) is 1.20. The number of hydrogen-bond acceptors (Lipinski definition) is 7. The van der Waals surface area contributed by atoms with Gasteiger partial charge in [-0.05, 0) is 79.4 Å². The van der Waals surface area contributed by atoms with Gasteiger partial charge < -0.3 is 14.4 Å². The van der Waals surface area contributed by atoms with Crippen molar-refractivity contribution in [2.75, 3.05) is 26.3 Å². The lowest BCUT2D eigenvalue weighted by Gasteiger charge is -2.20. The van der Waals surface area contributed by atoms with Gasteiger partial charge in [-0.2, -0.15) is 10.0 Å². The van der Waals surface area contributed by atoms with E-state index in [2.05, 4.69) is 21.1 Å². The molecule has 8 nitrogen and oxygen atoms in total. The summed E-state index contributed by atoms with van der Waals surface area (Å²) in [6.07, 6.45) is 3.94. The second-order valence-corrected chi connectivity index (χ2v) is 9.57. The summed E-state index contributed by atoms with van der Waals surface area (Å²) in [6.45, 7) is 6.81.